The molecule has 1 aliphatic rings. The summed E-state index contributed by atoms with van der Waals surface area (Å²) in [5.74, 6) is -0.274. The van der Waals surface area contributed by atoms with Gasteiger partial charge in [-0.25, -0.2) is 4.79 Å². The Labute approximate surface area is 95.1 Å². The molecule has 0 radical (unpaired) electrons. The highest BCUT2D eigenvalue weighted by Crippen LogP contribution is 2.16. The van der Waals surface area contributed by atoms with Gasteiger partial charge >= 0.3 is 5.97 Å². The molecule has 1 atom stereocenters. The van der Waals surface area contributed by atoms with Crippen molar-refractivity contribution in [2.45, 2.75) is 33.2 Å². The van der Waals surface area contributed by atoms with Gasteiger partial charge < -0.3 is 15.4 Å². The number of hydrogen-bond donors (Lipinski definition) is 2. The first kappa shape index (κ1) is 12.0. The zero-order valence-electron chi connectivity index (χ0n) is 9.22. The topological polar surface area (TPSA) is 50.4 Å². The number of esters is 1. The maximum Gasteiger partial charge on any atom is 0.337 e. The van der Waals surface area contributed by atoms with Crippen molar-refractivity contribution in [2.75, 3.05) is 6.61 Å². The fourth-order valence-corrected chi connectivity index (χ4v) is 1.87. The number of allylic oxidation sites excluding steroid dienone is 1. The van der Waals surface area contributed by atoms with E-state index in [1.54, 1.807) is 6.92 Å². The molecule has 0 aromatic rings. The third-order valence-corrected chi connectivity index (χ3v) is 2.48. The van der Waals surface area contributed by atoms with Gasteiger partial charge in [-0.05, 0) is 32.5 Å². The fraction of sp³-hybridized carbons (Fsp3) is 0.600. The molecule has 0 amide bonds. The summed E-state index contributed by atoms with van der Waals surface area (Å²) in [6.45, 7) is 6.01. The molecule has 1 aliphatic heterocycles. The maximum absolute atomic E-state index is 11.7. The Morgan fingerprint density at radius 2 is 2.20 bits per heavy atom. The summed E-state index contributed by atoms with van der Waals surface area (Å²) in [5, 5.41) is 6.54. The average molecular weight is 228 g/mol. The SMILES string of the molecule is CCOC(=O)C1=C(C)NC(=S)NC1CC. The average Bonchev–Trinajstić information content (AvgIpc) is 2.16. The molecule has 1 unspecified atom stereocenters. The number of carbonyl (C=O) groups excluding carboxylic acids is 1. The first-order valence-corrected chi connectivity index (χ1v) is 5.46. The minimum Gasteiger partial charge on any atom is -0.463 e. The molecule has 0 fully saturated rings. The van der Waals surface area contributed by atoms with Gasteiger partial charge in [0, 0.05) is 5.70 Å². The van der Waals surface area contributed by atoms with E-state index >= 15 is 0 Å². The van der Waals surface area contributed by atoms with E-state index in [0.717, 1.165) is 12.1 Å². The molecule has 1 heterocycles. The van der Waals surface area contributed by atoms with Crippen LogP contribution in [0.4, 0.5) is 0 Å². The minimum absolute atomic E-state index is 0.0437. The normalized spacial score (nSPS) is 20.7. The molecule has 0 saturated carbocycles. The predicted molar refractivity (Wildman–Crippen MR) is 62.3 cm³/mol. The van der Waals surface area contributed by atoms with Gasteiger partial charge in [-0.3, -0.25) is 0 Å². The van der Waals surface area contributed by atoms with Crippen LogP contribution in [0, 0.1) is 0 Å². The van der Waals surface area contributed by atoms with Crippen molar-refractivity contribution < 1.29 is 9.53 Å². The molecule has 84 valence electrons. The second-order valence-corrected chi connectivity index (χ2v) is 3.73. The van der Waals surface area contributed by atoms with Crippen LogP contribution >= 0.6 is 12.2 Å². The van der Waals surface area contributed by atoms with Crippen molar-refractivity contribution in [3.05, 3.63) is 11.3 Å². The zero-order chi connectivity index (χ0) is 11.4. The van der Waals surface area contributed by atoms with Crippen LogP contribution in [0.5, 0.6) is 0 Å². The molecule has 0 aromatic carbocycles. The molecule has 5 heteroatoms. The number of carbonyl (C=O) groups is 1. The Balaban J connectivity index is 2.93. The van der Waals surface area contributed by atoms with E-state index in [2.05, 4.69) is 10.6 Å². The summed E-state index contributed by atoms with van der Waals surface area (Å²) in [4.78, 5) is 11.7. The van der Waals surface area contributed by atoms with Gasteiger partial charge in [-0.2, -0.15) is 0 Å². The van der Waals surface area contributed by atoms with Crippen molar-refractivity contribution in [2.24, 2.45) is 0 Å². The Bertz CT molecular complexity index is 313. The molecule has 0 aliphatic carbocycles. The van der Waals surface area contributed by atoms with Gasteiger partial charge in [-0.15, -0.1) is 0 Å². The summed E-state index contributed by atoms with van der Waals surface area (Å²) in [5.41, 5.74) is 1.43. The smallest absolute Gasteiger partial charge is 0.337 e. The Morgan fingerprint density at radius 1 is 1.53 bits per heavy atom. The van der Waals surface area contributed by atoms with Crippen LogP contribution in [-0.4, -0.2) is 23.7 Å². The highest BCUT2D eigenvalue weighted by molar-refractivity contribution is 7.80. The monoisotopic (exact) mass is 228 g/mol. The first-order valence-electron chi connectivity index (χ1n) is 5.05. The largest absolute Gasteiger partial charge is 0.463 e. The lowest BCUT2D eigenvalue weighted by Crippen LogP contribution is -2.49. The standard InChI is InChI=1S/C10H16N2O2S/c1-4-7-8(9(13)14-5-2)6(3)11-10(15)12-7/h7H,4-5H2,1-3H3,(H2,11,12,15). The van der Waals surface area contributed by atoms with Crippen molar-refractivity contribution >= 4 is 23.3 Å². The number of thiocarbonyl (C=S) groups is 1. The number of ether oxygens (including phenoxy) is 1. The number of hydrogen-bond acceptors (Lipinski definition) is 3. The van der Waals surface area contributed by atoms with Crippen LogP contribution in [-0.2, 0) is 9.53 Å². The lowest BCUT2D eigenvalue weighted by Gasteiger charge is -2.28. The van der Waals surface area contributed by atoms with Crippen molar-refractivity contribution in [1.29, 1.82) is 0 Å². The van der Waals surface area contributed by atoms with Gasteiger partial charge in [-0.1, -0.05) is 6.92 Å². The molecular formula is C10H16N2O2S. The van der Waals surface area contributed by atoms with Gasteiger partial charge in [0.1, 0.15) is 0 Å². The molecule has 15 heavy (non-hydrogen) atoms. The Morgan fingerprint density at radius 3 is 2.73 bits per heavy atom. The molecular weight excluding hydrogens is 212 g/mol. The third kappa shape index (κ3) is 2.68. The summed E-state index contributed by atoms with van der Waals surface area (Å²) < 4.78 is 5.00. The minimum atomic E-state index is -0.274. The van der Waals surface area contributed by atoms with Crippen molar-refractivity contribution in [3.8, 4) is 0 Å². The van der Waals surface area contributed by atoms with E-state index in [1.165, 1.54) is 0 Å². The highest BCUT2D eigenvalue weighted by atomic mass is 32.1. The van der Waals surface area contributed by atoms with Gasteiger partial charge in [0.15, 0.2) is 5.11 Å². The molecule has 0 bridgehead atoms. The summed E-state index contributed by atoms with van der Waals surface area (Å²) in [6.07, 6.45) is 0.799. The Kier molecular flexibility index (Phi) is 4.08. The molecule has 0 spiro atoms. The molecule has 2 N–H and O–H groups in total. The summed E-state index contributed by atoms with van der Waals surface area (Å²) >= 11 is 5.02. The molecule has 0 aromatic heterocycles. The van der Waals surface area contributed by atoms with Crippen LogP contribution < -0.4 is 10.6 Å². The predicted octanol–water partition coefficient (Wildman–Crippen LogP) is 1.08. The lowest BCUT2D eigenvalue weighted by molar-refractivity contribution is -0.139. The molecule has 4 nitrogen and oxygen atoms in total. The Hall–Kier alpha value is -1.10. The van der Waals surface area contributed by atoms with Crippen LogP contribution in [0.25, 0.3) is 0 Å². The summed E-state index contributed by atoms with van der Waals surface area (Å²) in [6, 6.07) is -0.0437. The van der Waals surface area contributed by atoms with Gasteiger partial charge in [0.25, 0.3) is 0 Å². The van der Waals surface area contributed by atoms with E-state index in [4.69, 9.17) is 17.0 Å². The van der Waals surface area contributed by atoms with Crippen LogP contribution in [0.15, 0.2) is 11.3 Å². The second-order valence-electron chi connectivity index (χ2n) is 3.32. The fourth-order valence-electron chi connectivity index (χ4n) is 1.58. The molecule has 0 saturated heterocycles. The van der Waals surface area contributed by atoms with E-state index in [1.807, 2.05) is 13.8 Å². The van der Waals surface area contributed by atoms with E-state index < -0.39 is 0 Å². The number of nitrogens with one attached hydrogen (secondary N) is 2. The van der Waals surface area contributed by atoms with Crippen LogP contribution in [0.2, 0.25) is 0 Å². The highest BCUT2D eigenvalue weighted by Gasteiger charge is 2.27. The van der Waals surface area contributed by atoms with Crippen LogP contribution in [0.1, 0.15) is 27.2 Å². The first-order chi connectivity index (χ1) is 7.10. The van der Waals surface area contributed by atoms with Gasteiger partial charge in [0.2, 0.25) is 0 Å². The van der Waals surface area contributed by atoms with E-state index in [-0.39, 0.29) is 12.0 Å². The second kappa shape index (κ2) is 5.11. The third-order valence-electron chi connectivity index (χ3n) is 2.26. The van der Waals surface area contributed by atoms with E-state index in [9.17, 15) is 4.79 Å². The van der Waals surface area contributed by atoms with Crippen molar-refractivity contribution in [3.63, 3.8) is 0 Å². The zero-order valence-corrected chi connectivity index (χ0v) is 10.0. The maximum atomic E-state index is 11.7. The van der Waals surface area contributed by atoms with E-state index in [0.29, 0.717) is 17.3 Å². The lowest BCUT2D eigenvalue weighted by atomic mass is 10.0. The quantitative estimate of drug-likeness (QED) is 0.559. The molecule has 1 rings (SSSR count). The summed E-state index contributed by atoms with van der Waals surface area (Å²) in [7, 11) is 0. The van der Waals surface area contributed by atoms with Crippen molar-refractivity contribution in [1.82, 2.24) is 10.6 Å². The van der Waals surface area contributed by atoms with Gasteiger partial charge in [0.05, 0.1) is 18.2 Å². The van der Waals surface area contributed by atoms with Crippen LogP contribution in [0.3, 0.4) is 0 Å². The number of rotatable bonds is 3.